The minimum absolute atomic E-state index is 0.0546. The summed E-state index contributed by atoms with van der Waals surface area (Å²) in [6.45, 7) is 0. The third kappa shape index (κ3) is 6.50. The molecule has 0 radical (unpaired) electrons. The lowest BCUT2D eigenvalue weighted by molar-refractivity contribution is -0.143. The molecule has 2 rings (SSSR count). The van der Waals surface area contributed by atoms with Crippen molar-refractivity contribution < 1.29 is 41.0 Å². The first-order valence-corrected chi connectivity index (χ1v) is 8.63. The molecule has 0 aliphatic rings. The summed E-state index contributed by atoms with van der Waals surface area (Å²) in [6.07, 6.45) is -3.62. The van der Waals surface area contributed by atoms with E-state index in [0.717, 1.165) is 12.3 Å². The predicted molar refractivity (Wildman–Crippen MR) is 104 cm³/mol. The first-order chi connectivity index (χ1) is 14.4. The fraction of sp³-hybridized carbons (Fsp3) is 0.136. The summed E-state index contributed by atoms with van der Waals surface area (Å²) in [4.78, 5) is 11.4. The van der Waals surface area contributed by atoms with E-state index in [2.05, 4.69) is 0 Å². The first kappa shape index (κ1) is 23.8. The molecule has 3 nitrogen and oxygen atoms in total. The Morgan fingerprint density at radius 1 is 0.903 bits per heavy atom. The fourth-order valence-electron chi connectivity index (χ4n) is 2.64. The van der Waals surface area contributed by atoms with Crippen molar-refractivity contribution >= 4 is 23.7 Å². The van der Waals surface area contributed by atoms with Crippen molar-refractivity contribution in [3.63, 3.8) is 0 Å². The number of carboxylic acid groups (broad SMARTS) is 1. The van der Waals surface area contributed by atoms with Crippen LogP contribution in [0.5, 0.6) is 0 Å². The summed E-state index contributed by atoms with van der Waals surface area (Å²) in [5.74, 6) is -1.23. The van der Waals surface area contributed by atoms with Gasteiger partial charge in [-0.1, -0.05) is 48.6 Å². The van der Waals surface area contributed by atoms with Gasteiger partial charge in [0, 0.05) is 0 Å². The Morgan fingerprint density at radius 3 is 1.97 bits per heavy atom. The van der Waals surface area contributed by atoms with Crippen molar-refractivity contribution in [1.29, 1.82) is 0 Å². The van der Waals surface area contributed by atoms with Gasteiger partial charge in [0.1, 0.15) is 5.57 Å². The second-order valence-electron chi connectivity index (χ2n) is 6.22. The lowest BCUT2D eigenvalue weighted by Gasteiger charge is -2.12. The average molecular weight is 442 g/mol. The Hall–Kier alpha value is -3.49. The zero-order valence-corrected chi connectivity index (χ0v) is 16.0. The highest BCUT2D eigenvalue weighted by atomic mass is 19.4. The topological polar surface area (TPSA) is 46.5 Å². The monoisotopic (exact) mass is 442 g/mol. The molecule has 0 aromatic heterocycles. The van der Waals surface area contributed by atoms with Crippen molar-refractivity contribution in [1.82, 2.24) is 0 Å². The lowest BCUT2D eigenvalue weighted by atomic mass is 10.00. The van der Waals surface area contributed by atoms with E-state index in [-0.39, 0.29) is 17.2 Å². The Morgan fingerprint density at radius 2 is 1.45 bits per heavy atom. The van der Waals surface area contributed by atoms with E-state index in [4.69, 9.17) is 4.74 Å². The highest BCUT2D eigenvalue weighted by Gasteiger charge is 2.36. The van der Waals surface area contributed by atoms with Gasteiger partial charge in [-0.3, -0.25) is 0 Å². The van der Waals surface area contributed by atoms with E-state index in [1.54, 1.807) is 18.2 Å². The van der Waals surface area contributed by atoms with E-state index < -0.39 is 29.4 Å². The van der Waals surface area contributed by atoms with Crippen molar-refractivity contribution in [3.05, 3.63) is 88.7 Å². The summed E-state index contributed by atoms with van der Waals surface area (Å²) in [5.41, 5.74) is -2.46. The maximum Gasteiger partial charge on any atom is 0.416 e. The van der Waals surface area contributed by atoms with Gasteiger partial charge in [-0.25, -0.2) is 4.79 Å². The molecule has 0 spiro atoms. The van der Waals surface area contributed by atoms with Crippen LogP contribution >= 0.6 is 0 Å². The van der Waals surface area contributed by atoms with Gasteiger partial charge in [0.15, 0.2) is 0 Å². The van der Waals surface area contributed by atoms with Crippen LogP contribution in [-0.4, -0.2) is 18.2 Å². The molecule has 0 saturated heterocycles. The summed E-state index contributed by atoms with van der Waals surface area (Å²) in [6, 6.07) is 7.65. The molecule has 0 saturated carbocycles. The highest BCUT2D eigenvalue weighted by molar-refractivity contribution is 6.16. The second kappa shape index (κ2) is 9.55. The molecular weight excluding hydrogens is 426 g/mol. The van der Waals surface area contributed by atoms with E-state index in [9.17, 15) is 36.2 Å². The summed E-state index contributed by atoms with van der Waals surface area (Å²) < 4.78 is 82.3. The van der Waals surface area contributed by atoms with Crippen LogP contribution in [0.15, 0.2) is 60.9 Å². The van der Waals surface area contributed by atoms with Crippen molar-refractivity contribution in [2.24, 2.45) is 0 Å². The SMILES string of the molecule is CO/C=C(\C(=O)O)c1ccccc1C=CC=Cc1cc(C(F)(F)F)cc(C(F)(F)F)c1. The molecule has 31 heavy (non-hydrogen) atoms. The minimum atomic E-state index is -4.93. The summed E-state index contributed by atoms with van der Waals surface area (Å²) >= 11 is 0. The molecule has 1 N–H and O–H groups in total. The maximum atomic E-state index is 12.9. The number of halogens is 6. The standard InChI is InChI=1S/C22H16F6O3/c1-31-13-19(20(29)30)18-9-5-4-8-15(18)7-3-2-6-14-10-16(21(23,24)25)12-17(11-14)22(26,27)28/h2-13H,1H3,(H,29,30)/b6-2?,7-3?,19-13-. The molecule has 9 heteroatoms. The largest absolute Gasteiger partial charge is 0.503 e. The molecule has 0 amide bonds. The van der Waals surface area contributed by atoms with Gasteiger partial charge in [-0.15, -0.1) is 0 Å². The lowest BCUT2D eigenvalue weighted by Crippen LogP contribution is -2.11. The molecule has 0 heterocycles. The van der Waals surface area contributed by atoms with Crippen LogP contribution in [0, 0.1) is 0 Å². The van der Waals surface area contributed by atoms with Gasteiger partial charge in [0.2, 0.25) is 0 Å². The fourth-order valence-corrected chi connectivity index (χ4v) is 2.64. The van der Waals surface area contributed by atoms with Crippen LogP contribution in [0.2, 0.25) is 0 Å². The van der Waals surface area contributed by atoms with E-state index >= 15 is 0 Å². The van der Waals surface area contributed by atoms with Crippen LogP contribution in [0.25, 0.3) is 17.7 Å². The van der Waals surface area contributed by atoms with Gasteiger partial charge in [0.25, 0.3) is 0 Å². The minimum Gasteiger partial charge on any atom is -0.503 e. The van der Waals surface area contributed by atoms with Crippen LogP contribution in [-0.2, 0) is 21.9 Å². The number of alkyl halides is 6. The number of benzene rings is 2. The number of ether oxygens (including phenoxy) is 1. The van der Waals surface area contributed by atoms with E-state index in [1.165, 1.54) is 31.4 Å². The second-order valence-corrected chi connectivity index (χ2v) is 6.22. The van der Waals surface area contributed by atoms with Crippen molar-refractivity contribution in [2.75, 3.05) is 7.11 Å². The zero-order chi connectivity index (χ0) is 23.2. The van der Waals surface area contributed by atoms with Gasteiger partial charge < -0.3 is 9.84 Å². The third-order valence-electron chi connectivity index (χ3n) is 4.00. The predicted octanol–water partition coefficient (Wildman–Crippen LogP) is 6.52. The van der Waals surface area contributed by atoms with Crippen molar-refractivity contribution in [2.45, 2.75) is 12.4 Å². The Labute approximate surface area is 173 Å². The molecule has 0 unspecified atom stereocenters. The van der Waals surface area contributed by atoms with Gasteiger partial charge in [-0.05, 0) is 34.9 Å². The number of aliphatic carboxylic acids is 1. The molecule has 0 aliphatic heterocycles. The quantitative estimate of drug-likeness (QED) is 0.240. The number of hydrogen-bond donors (Lipinski definition) is 1. The smallest absolute Gasteiger partial charge is 0.416 e. The van der Waals surface area contributed by atoms with E-state index in [0.29, 0.717) is 23.3 Å². The normalized spacial score (nSPS) is 13.2. The van der Waals surface area contributed by atoms with Crippen LogP contribution < -0.4 is 0 Å². The molecule has 0 fully saturated rings. The number of rotatable bonds is 6. The molecular formula is C22H16F6O3. The van der Waals surface area contributed by atoms with Gasteiger partial charge in [-0.2, -0.15) is 26.3 Å². The number of carboxylic acids is 1. The average Bonchev–Trinajstić information content (AvgIpc) is 2.68. The number of methoxy groups -OCH3 is 1. The molecule has 0 aliphatic carbocycles. The Bertz CT molecular complexity index is 998. The molecule has 2 aromatic rings. The summed E-state index contributed by atoms with van der Waals surface area (Å²) in [5, 5.41) is 9.32. The van der Waals surface area contributed by atoms with Crippen LogP contribution in [0.3, 0.4) is 0 Å². The molecule has 164 valence electrons. The first-order valence-electron chi connectivity index (χ1n) is 8.63. The number of allylic oxidation sites excluding steroid dienone is 2. The van der Waals surface area contributed by atoms with Crippen LogP contribution in [0.1, 0.15) is 27.8 Å². The molecule has 0 atom stereocenters. The Balaban J connectivity index is 2.37. The van der Waals surface area contributed by atoms with Gasteiger partial charge in [0.05, 0.1) is 24.5 Å². The summed E-state index contributed by atoms with van der Waals surface area (Å²) in [7, 11) is 1.29. The highest BCUT2D eigenvalue weighted by Crippen LogP contribution is 2.36. The maximum absolute atomic E-state index is 12.9. The zero-order valence-electron chi connectivity index (χ0n) is 16.0. The van der Waals surface area contributed by atoms with Crippen LogP contribution in [0.4, 0.5) is 26.3 Å². The Kier molecular flexibility index (Phi) is 7.32. The van der Waals surface area contributed by atoms with Crippen molar-refractivity contribution in [3.8, 4) is 0 Å². The number of hydrogen-bond acceptors (Lipinski definition) is 2. The van der Waals surface area contributed by atoms with Gasteiger partial charge >= 0.3 is 18.3 Å². The molecule has 0 bridgehead atoms. The van der Waals surface area contributed by atoms with E-state index in [1.807, 2.05) is 0 Å². The third-order valence-corrected chi connectivity index (χ3v) is 4.00. The molecule has 2 aromatic carbocycles. The number of carbonyl (C=O) groups is 1.